The number of ketones is 1. The lowest BCUT2D eigenvalue weighted by atomic mass is 10.0. The Bertz CT molecular complexity index is 912. The van der Waals surface area contributed by atoms with Crippen LogP contribution in [0.2, 0.25) is 0 Å². The van der Waals surface area contributed by atoms with Crippen molar-refractivity contribution in [1.29, 1.82) is 0 Å². The molecule has 26 heavy (non-hydrogen) atoms. The van der Waals surface area contributed by atoms with E-state index < -0.39 is 0 Å². The summed E-state index contributed by atoms with van der Waals surface area (Å²) in [7, 11) is 1.89. The molecule has 0 aromatic heterocycles. The lowest BCUT2D eigenvalue weighted by Gasteiger charge is -2.08. The van der Waals surface area contributed by atoms with Gasteiger partial charge in [0.25, 0.3) is 5.91 Å². The van der Waals surface area contributed by atoms with Crippen LogP contribution in [-0.4, -0.2) is 18.7 Å². The fourth-order valence-corrected chi connectivity index (χ4v) is 2.63. The van der Waals surface area contributed by atoms with Gasteiger partial charge in [-0.05, 0) is 54.4 Å². The smallest absolute Gasteiger partial charge is 0.255 e. The molecule has 3 aromatic carbocycles. The average Bonchev–Trinajstić information content (AvgIpc) is 2.68. The van der Waals surface area contributed by atoms with E-state index in [0.717, 1.165) is 22.5 Å². The number of carbonyl (C=O) groups excluding carboxylic acids is 2. The first-order chi connectivity index (χ1) is 12.6. The van der Waals surface area contributed by atoms with Gasteiger partial charge in [0.1, 0.15) is 0 Å². The van der Waals surface area contributed by atoms with Gasteiger partial charge in [-0.3, -0.25) is 9.59 Å². The second-order valence-electron chi connectivity index (χ2n) is 5.99. The molecule has 0 atom stereocenters. The number of Topliss-reactive ketones (excluding diaryl/α,β-unsaturated/α-hetero) is 1. The molecular formula is C22H20N2O2. The van der Waals surface area contributed by atoms with Gasteiger partial charge in [0.05, 0.1) is 0 Å². The molecule has 0 bridgehead atoms. The van der Waals surface area contributed by atoms with E-state index in [1.54, 1.807) is 24.3 Å². The molecule has 2 N–H and O–H groups in total. The minimum absolute atomic E-state index is 0.0182. The van der Waals surface area contributed by atoms with Crippen molar-refractivity contribution in [2.24, 2.45) is 0 Å². The zero-order chi connectivity index (χ0) is 18.5. The van der Waals surface area contributed by atoms with Crippen LogP contribution in [0.25, 0.3) is 11.1 Å². The molecule has 0 aliphatic carbocycles. The fraction of sp³-hybridized carbons (Fsp3) is 0.0909. The Morgan fingerprint density at radius 3 is 1.58 bits per heavy atom. The number of anilines is 2. The number of amides is 1. The number of nitrogens with one attached hydrogen (secondary N) is 2. The van der Waals surface area contributed by atoms with Crippen molar-refractivity contribution in [3.05, 3.63) is 83.9 Å². The summed E-state index contributed by atoms with van der Waals surface area (Å²) in [5.41, 5.74) is 5.09. The predicted molar refractivity (Wildman–Crippen MR) is 106 cm³/mol. The summed E-state index contributed by atoms with van der Waals surface area (Å²) in [6, 6.07) is 22.5. The summed E-state index contributed by atoms with van der Waals surface area (Å²) in [4.78, 5) is 23.6. The lowest BCUT2D eigenvalue weighted by Crippen LogP contribution is -2.11. The van der Waals surface area contributed by atoms with Crippen LogP contribution in [0.3, 0.4) is 0 Å². The Labute approximate surface area is 152 Å². The zero-order valence-corrected chi connectivity index (χ0v) is 14.7. The van der Waals surface area contributed by atoms with Crippen LogP contribution < -0.4 is 10.6 Å². The summed E-state index contributed by atoms with van der Waals surface area (Å²) in [5.74, 6) is -0.221. The number of hydrogen-bond acceptors (Lipinski definition) is 3. The van der Waals surface area contributed by atoms with E-state index >= 15 is 0 Å². The van der Waals surface area contributed by atoms with Crippen LogP contribution in [0, 0.1) is 0 Å². The maximum absolute atomic E-state index is 12.3. The molecule has 0 saturated heterocycles. The molecule has 0 radical (unpaired) electrons. The van der Waals surface area contributed by atoms with E-state index in [1.807, 2.05) is 43.4 Å². The maximum atomic E-state index is 12.3. The van der Waals surface area contributed by atoms with Gasteiger partial charge in [-0.25, -0.2) is 0 Å². The highest BCUT2D eigenvalue weighted by Crippen LogP contribution is 2.23. The molecule has 0 unspecified atom stereocenters. The molecule has 4 heteroatoms. The standard InChI is InChI=1S/C22H20N2O2/c1-15(25)16-3-5-19(6-4-16)22(26)24-21-13-9-18(10-14-21)17-7-11-20(23-2)12-8-17/h3-14,23H,1-2H3,(H,24,26). The van der Waals surface area contributed by atoms with Crippen molar-refractivity contribution >= 4 is 23.1 Å². The van der Waals surface area contributed by atoms with Crippen LogP contribution in [-0.2, 0) is 0 Å². The minimum Gasteiger partial charge on any atom is -0.388 e. The van der Waals surface area contributed by atoms with E-state index in [-0.39, 0.29) is 11.7 Å². The molecule has 3 rings (SSSR count). The van der Waals surface area contributed by atoms with Crippen LogP contribution in [0.1, 0.15) is 27.6 Å². The Kier molecular flexibility index (Phi) is 5.13. The normalized spacial score (nSPS) is 10.2. The second kappa shape index (κ2) is 7.66. The van der Waals surface area contributed by atoms with Crippen LogP contribution in [0.15, 0.2) is 72.8 Å². The van der Waals surface area contributed by atoms with E-state index in [4.69, 9.17) is 0 Å². The molecule has 0 fully saturated rings. The van der Waals surface area contributed by atoms with E-state index in [1.165, 1.54) is 6.92 Å². The van der Waals surface area contributed by atoms with Gasteiger partial charge in [0, 0.05) is 29.5 Å². The monoisotopic (exact) mass is 344 g/mol. The summed E-state index contributed by atoms with van der Waals surface area (Å²) >= 11 is 0. The largest absolute Gasteiger partial charge is 0.388 e. The maximum Gasteiger partial charge on any atom is 0.255 e. The van der Waals surface area contributed by atoms with Crippen molar-refractivity contribution in [3.8, 4) is 11.1 Å². The Hall–Kier alpha value is -3.40. The third-order valence-corrected chi connectivity index (χ3v) is 4.20. The molecule has 0 aliphatic rings. The fourth-order valence-electron chi connectivity index (χ4n) is 2.63. The molecule has 130 valence electrons. The highest BCUT2D eigenvalue weighted by atomic mass is 16.1. The predicted octanol–water partition coefficient (Wildman–Crippen LogP) is 4.85. The highest BCUT2D eigenvalue weighted by molar-refractivity contribution is 6.05. The first kappa shape index (κ1) is 17.4. The van der Waals surface area contributed by atoms with Crippen molar-refractivity contribution < 1.29 is 9.59 Å². The van der Waals surface area contributed by atoms with E-state index in [9.17, 15) is 9.59 Å². The third kappa shape index (κ3) is 3.98. The summed E-state index contributed by atoms with van der Waals surface area (Å²) < 4.78 is 0. The Balaban J connectivity index is 1.70. The first-order valence-corrected chi connectivity index (χ1v) is 8.37. The van der Waals surface area contributed by atoms with Gasteiger partial charge in [0.2, 0.25) is 0 Å². The molecule has 0 heterocycles. The van der Waals surface area contributed by atoms with E-state index in [2.05, 4.69) is 22.8 Å². The van der Waals surface area contributed by atoms with Gasteiger partial charge >= 0.3 is 0 Å². The summed E-state index contributed by atoms with van der Waals surface area (Å²) in [6.07, 6.45) is 0. The highest BCUT2D eigenvalue weighted by Gasteiger charge is 2.07. The van der Waals surface area contributed by atoms with Crippen LogP contribution in [0.4, 0.5) is 11.4 Å². The van der Waals surface area contributed by atoms with Gasteiger partial charge in [-0.2, -0.15) is 0 Å². The SMILES string of the molecule is CNc1ccc(-c2ccc(NC(=O)c3ccc(C(C)=O)cc3)cc2)cc1. The van der Waals surface area contributed by atoms with Gasteiger partial charge in [0.15, 0.2) is 5.78 Å². The lowest BCUT2D eigenvalue weighted by molar-refractivity contribution is 0.101. The summed E-state index contributed by atoms with van der Waals surface area (Å²) in [5, 5.41) is 5.97. The number of hydrogen-bond donors (Lipinski definition) is 2. The van der Waals surface area contributed by atoms with Gasteiger partial charge in [-0.15, -0.1) is 0 Å². The number of rotatable bonds is 5. The van der Waals surface area contributed by atoms with Crippen LogP contribution >= 0.6 is 0 Å². The zero-order valence-electron chi connectivity index (χ0n) is 14.7. The van der Waals surface area contributed by atoms with Crippen molar-refractivity contribution in [2.45, 2.75) is 6.92 Å². The quantitative estimate of drug-likeness (QED) is 0.651. The van der Waals surface area contributed by atoms with Crippen molar-refractivity contribution in [1.82, 2.24) is 0 Å². The molecule has 0 saturated carbocycles. The Morgan fingerprint density at radius 2 is 1.12 bits per heavy atom. The molecule has 3 aromatic rings. The summed E-state index contributed by atoms with van der Waals surface area (Å²) in [6.45, 7) is 1.50. The van der Waals surface area contributed by atoms with Gasteiger partial charge < -0.3 is 10.6 Å². The number of carbonyl (C=O) groups is 2. The second-order valence-corrected chi connectivity index (χ2v) is 5.99. The number of benzene rings is 3. The topological polar surface area (TPSA) is 58.2 Å². The van der Waals surface area contributed by atoms with Crippen molar-refractivity contribution in [2.75, 3.05) is 17.7 Å². The first-order valence-electron chi connectivity index (χ1n) is 8.37. The molecule has 4 nitrogen and oxygen atoms in total. The van der Waals surface area contributed by atoms with Gasteiger partial charge in [-0.1, -0.05) is 36.4 Å². The third-order valence-electron chi connectivity index (χ3n) is 4.20. The van der Waals surface area contributed by atoms with Crippen LogP contribution in [0.5, 0.6) is 0 Å². The molecule has 1 amide bonds. The van der Waals surface area contributed by atoms with Crippen molar-refractivity contribution in [3.63, 3.8) is 0 Å². The Morgan fingerprint density at radius 1 is 0.654 bits per heavy atom. The molecular weight excluding hydrogens is 324 g/mol. The molecule has 0 spiro atoms. The van der Waals surface area contributed by atoms with E-state index in [0.29, 0.717) is 11.1 Å². The molecule has 0 aliphatic heterocycles. The average molecular weight is 344 g/mol. The minimum atomic E-state index is -0.203.